The topological polar surface area (TPSA) is 66.5 Å². The summed E-state index contributed by atoms with van der Waals surface area (Å²) >= 11 is 0. The Morgan fingerprint density at radius 3 is 2.58 bits per heavy atom. The number of rotatable bonds is 3. The van der Waals surface area contributed by atoms with Crippen LogP contribution in [0.15, 0.2) is 41.3 Å². The third kappa shape index (κ3) is 2.96. The Morgan fingerprint density at radius 2 is 1.88 bits per heavy atom. The zero-order chi connectivity index (χ0) is 17.5. The van der Waals surface area contributed by atoms with Gasteiger partial charge in [0.05, 0.1) is 0 Å². The van der Waals surface area contributed by atoms with Crippen molar-refractivity contribution in [3.63, 3.8) is 0 Å². The van der Waals surface area contributed by atoms with Crippen molar-refractivity contribution in [3.8, 4) is 0 Å². The minimum atomic E-state index is -4.20. The lowest BCUT2D eigenvalue weighted by molar-refractivity contribution is 0.0781. The molecule has 0 saturated carbocycles. The second-order valence-corrected chi connectivity index (χ2v) is 7.18. The Morgan fingerprint density at radius 1 is 1.12 bits per heavy atom. The van der Waals surface area contributed by atoms with Crippen LogP contribution in [0.25, 0.3) is 0 Å². The van der Waals surface area contributed by atoms with Crippen molar-refractivity contribution in [3.05, 3.63) is 59.2 Å². The van der Waals surface area contributed by atoms with Gasteiger partial charge in [0.15, 0.2) is 0 Å². The quantitative estimate of drug-likeness (QED) is 0.922. The molecule has 2 aromatic rings. The van der Waals surface area contributed by atoms with Gasteiger partial charge in [0, 0.05) is 30.9 Å². The van der Waals surface area contributed by atoms with Gasteiger partial charge in [-0.15, -0.1) is 0 Å². The molecule has 0 unspecified atom stereocenters. The van der Waals surface area contributed by atoms with Crippen molar-refractivity contribution in [2.75, 3.05) is 18.3 Å². The Kier molecular flexibility index (Phi) is 4.00. The van der Waals surface area contributed by atoms with Crippen LogP contribution < -0.4 is 4.72 Å². The molecule has 2 aromatic carbocycles. The van der Waals surface area contributed by atoms with E-state index >= 15 is 0 Å². The van der Waals surface area contributed by atoms with Gasteiger partial charge in [-0.1, -0.05) is 0 Å². The minimum absolute atomic E-state index is 0.129. The molecule has 0 aromatic heterocycles. The molecular formula is C16H14F2N2O3S. The van der Waals surface area contributed by atoms with Crippen molar-refractivity contribution in [1.29, 1.82) is 0 Å². The summed E-state index contributed by atoms with van der Waals surface area (Å²) in [7, 11) is -2.50. The Labute approximate surface area is 138 Å². The molecule has 0 aliphatic carbocycles. The Hall–Kier alpha value is -2.48. The highest BCUT2D eigenvalue weighted by atomic mass is 32.2. The van der Waals surface area contributed by atoms with E-state index in [1.807, 2.05) is 0 Å². The number of nitrogens with zero attached hydrogens (tertiary/aromatic N) is 1. The van der Waals surface area contributed by atoms with Gasteiger partial charge in [0.2, 0.25) is 0 Å². The molecule has 0 atom stereocenters. The van der Waals surface area contributed by atoms with Crippen LogP contribution in [-0.4, -0.2) is 32.8 Å². The van der Waals surface area contributed by atoms with Crippen LogP contribution in [-0.2, 0) is 16.4 Å². The first kappa shape index (κ1) is 16.4. The number of nitrogens with one attached hydrogen (secondary N) is 1. The molecule has 1 amide bonds. The number of hydrogen-bond acceptors (Lipinski definition) is 3. The van der Waals surface area contributed by atoms with Gasteiger partial charge in [-0.2, -0.15) is 0 Å². The molecule has 1 N–H and O–H groups in total. The first-order valence-corrected chi connectivity index (χ1v) is 8.62. The normalized spacial score (nSPS) is 14.5. The number of carbonyl (C=O) groups is 1. The van der Waals surface area contributed by atoms with Crippen molar-refractivity contribution in [2.45, 2.75) is 11.3 Å². The molecule has 3 rings (SSSR count). The molecule has 1 aliphatic rings. The summed E-state index contributed by atoms with van der Waals surface area (Å²) in [5.41, 5.74) is 1.45. The number of benzene rings is 2. The van der Waals surface area contributed by atoms with E-state index in [1.165, 1.54) is 12.1 Å². The number of amides is 1. The van der Waals surface area contributed by atoms with E-state index in [1.54, 1.807) is 18.0 Å². The van der Waals surface area contributed by atoms with Gasteiger partial charge in [0.1, 0.15) is 16.5 Å². The molecule has 1 heterocycles. The van der Waals surface area contributed by atoms with E-state index in [4.69, 9.17) is 0 Å². The molecule has 0 saturated heterocycles. The third-order valence-corrected chi connectivity index (χ3v) is 5.25. The van der Waals surface area contributed by atoms with Crippen LogP contribution in [0.4, 0.5) is 14.5 Å². The minimum Gasteiger partial charge on any atom is -0.341 e. The maximum absolute atomic E-state index is 13.7. The molecule has 24 heavy (non-hydrogen) atoms. The summed E-state index contributed by atoms with van der Waals surface area (Å²) in [4.78, 5) is 13.0. The zero-order valence-electron chi connectivity index (χ0n) is 12.7. The number of likely N-dealkylation sites (N-methyl/N-ethyl adjacent to an activating group) is 1. The maximum atomic E-state index is 13.7. The summed E-state index contributed by atoms with van der Waals surface area (Å²) in [6.45, 7) is 0.536. The second kappa shape index (κ2) is 5.86. The molecular weight excluding hydrogens is 338 g/mol. The molecule has 0 bridgehead atoms. The number of carbonyl (C=O) groups excluding carboxylic acids is 1. The van der Waals surface area contributed by atoms with Crippen molar-refractivity contribution in [1.82, 2.24) is 4.90 Å². The van der Waals surface area contributed by atoms with E-state index in [0.29, 0.717) is 24.6 Å². The largest absolute Gasteiger partial charge is 0.341 e. The predicted molar refractivity (Wildman–Crippen MR) is 84.3 cm³/mol. The summed E-state index contributed by atoms with van der Waals surface area (Å²) in [6.07, 6.45) is 0.595. The van der Waals surface area contributed by atoms with E-state index in [2.05, 4.69) is 4.72 Å². The van der Waals surface area contributed by atoms with Gasteiger partial charge in [0.25, 0.3) is 15.9 Å². The van der Waals surface area contributed by atoms with Crippen LogP contribution >= 0.6 is 0 Å². The molecule has 0 fully saturated rings. The standard InChI is InChI=1S/C16H14F2N2O3S/c1-20-7-6-10-8-12(3-4-13(10)16(20)21)19-24(22,23)15-5-2-11(17)9-14(15)18/h2-5,8-9,19H,6-7H2,1H3. The average molecular weight is 352 g/mol. The smallest absolute Gasteiger partial charge is 0.264 e. The summed E-state index contributed by atoms with van der Waals surface area (Å²) < 4.78 is 53.4. The van der Waals surface area contributed by atoms with E-state index in [9.17, 15) is 22.0 Å². The third-order valence-electron chi connectivity index (χ3n) is 3.83. The lowest BCUT2D eigenvalue weighted by Crippen LogP contribution is -2.34. The Bertz CT molecular complexity index is 929. The summed E-state index contributed by atoms with van der Waals surface area (Å²) in [5.74, 6) is -2.16. The lowest BCUT2D eigenvalue weighted by atomic mass is 9.99. The molecule has 5 nitrogen and oxygen atoms in total. The summed E-state index contributed by atoms with van der Waals surface area (Å²) in [5, 5.41) is 0. The van der Waals surface area contributed by atoms with Crippen molar-refractivity contribution < 1.29 is 22.0 Å². The molecule has 126 valence electrons. The van der Waals surface area contributed by atoms with Gasteiger partial charge in [-0.3, -0.25) is 9.52 Å². The average Bonchev–Trinajstić information content (AvgIpc) is 2.50. The number of fused-ring (bicyclic) bond motifs is 1. The van der Waals surface area contributed by atoms with E-state index in [0.717, 1.165) is 17.7 Å². The maximum Gasteiger partial charge on any atom is 0.264 e. The number of anilines is 1. The van der Waals surface area contributed by atoms with Crippen molar-refractivity contribution in [2.24, 2.45) is 0 Å². The SMILES string of the molecule is CN1CCc2cc(NS(=O)(=O)c3ccc(F)cc3F)ccc2C1=O. The van der Waals surface area contributed by atoms with Crippen LogP contribution in [0, 0.1) is 11.6 Å². The fourth-order valence-corrected chi connectivity index (χ4v) is 3.68. The van der Waals surface area contributed by atoms with Crippen LogP contribution in [0.2, 0.25) is 0 Å². The Balaban J connectivity index is 1.92. The van der Waals surface area contributed by atoms with Gasteiger partial charge < -0.3 is 4.90 Å². The summed E-state index contributed by atoms with van der Waals surface area (Å²) in [6, 6.07) is 6.78. The highest BCUT2D eigenvalue weighted by molar-refractivity contribution is 7.92. The first-order chi connectivity index (χ1) is 11.3. The lowest BCUT2D eigenvalue weighted by Gasteiger charge is -2.25. The second-order valence-electron chi connectivity index (χ2n) is 5.53. The van der Waals surface area contributed by atoms with Crippen LogP contribution in [0.5, 0.6) is 0 Å². The van der Waals surface area contributed by atoms with Gasteiger partial charge >= 0.3 is 0 Å². The fraction of sp³-hybridized carbons (Fsp3) is 0.188. The number of halogens is 2. The highest BCUT2D eigenvalue weighted by Gasteiger charge is 2.23. The first-order valence-electron chi connectivity index (χ1n) is 7.14. The monoisotopic (exact) mass is 352 g/mol. The molecule has 1 aliphatic heterocycles. The van der Waals surface area contributed by atoms with E-state index in [-0.39, 0.29) is 11.6 Å². The molecule has 8 heteroatoms. The molecule has 0 spiro atoms. The van der Waals surface area contributed by atoms with Gasteiger partial charge in [-0.05, 0) is 42.3 Å². The molecule has 0 radical (unpaired) electrons. The van der Waals surface area contributed by atoms with Gasteiger partial charge in [-0.25, -0.2) is 17.2 Å². The zero-order valence-corrected chi connectivity index (χ0v) is 13.5. The van der Waals surface area contributed by atoms with Crippen LogP contribution in [0.1, 0.15) is 15.9 Å². The highest BCUT2D eigenvalue weighted by Crippen LogP contribution is 2.24. The van der Waals surface area contributed by atoms with Crippen molar-refractivity contribution >= 4 is 21.6 Å². The van der Waals surface area contributed by atoms with Crippen LogP contribution in [0.3, 0.4) is 0 Å². The van der Waals surface area contributed by atoms with E-state index < -0.39 is 26.6 Å². The number of hydrogen-bond donors (Lipinski definition) is 1. The number of sulfonamides is 1. The fourth-order valence-electron chi connectivity index (χ4n) is 2.57. The predicted octanol–water partition coefficient (Wildman–Crippen LogP) is 2.39.